The van der Waals surface area contributed by atoms with E-state index in [1.54, 1.807) is 11.3 Å². The van der Waals surface area contributed by atoms with Crippen LogP contribution >= 0.6 is 46.9 Å². The summed E-state index contributed by atoms with van der Waals surface area (Å²) < 4.78 is 2.64. The largest absolute Gasteiger partial charge is 0.357 e. The number of guanidine groups is 1. The molecule has 0 aromatic carbocycles. The molecule has 26 heavy (non-hydrogen) atoms. The van der Waals surface area contributed by atoms with Crippen LogP contribution in [-0.4, -0.2) is 59.8 Å². The van der Waals surface area contributed by atoms with Crippen LogP contribution in [0.2, 0.25) is 4.34 Å². The lowest BCUT2D eigenvalue weighted by atomic mass is 10.1. The first-order chi connectivity index (χ1) is 11.9. The van der Waals surface area contributed by atoms with Crippen LogP contribution in [0.1, 0.15) is 23.4 Å². The summed E-state index contributed by atoms with van der Waals surface area (Å²) in [5.41, 5.74) is 1.17. The van der Waals surface area contributed by atoms with Crippen molar-refractivity contribution < 1.29 is 0 Å². The average molecular weight is 511 g/mol. The molecule has 2 aromatic rings. The molecule has 0 spiro atoms. The van der Waals surface area contributed by atoms with E-state index in [0.29, 0.717) is 6.54 Å². The SMILES string of the molecule is CCNC(=NCC(c1cnn(C)c1)N(C)C)N(C)Cc1ccc(Cl)s1.I. The number of halogens is 2. The molecule has 2 aromatic heterocycles. The Labute approximate surface area is 182 Å². The molecule has 0 fully saturated rings. The second-order valence-corrected chi connectivity index (χ2v) is 7.98. The molecule has 0 saturated heterocycles. The van der Waals surface area contributed by atoms with Crippen molar-refractivity contribution in [3.63, 3.8) is 0 Å². The Hall–Kier alpha value is -0.840. The predicted molar refractivity (Wildman–Crippen MR) is 122 cm³/mol. The van der Waals surface area contributed by atoms with E-state index in [-0.39, 0.29) is 30.0 Å². The number of hydrogen-bond donors (Lipinski definition) is 1. The number of likely N-dealkylation sites (N-methyl/N-ethyl adjacent to an activating group) is 1. The van der Waals surface area contributed by atoms with Crippen LogP contribution in [0.25, 0.3) is 0 Å². The minimum absolute atomic E-state index is 0. The minimum atomic E-state index is 0. The van der Waals surface area contributed by atoms with Crippen LogP contribution < -0.4 is 5.32 Å². The van der Waals surface area contributed by atoms with Crippen molar-refractivity contribution >= 4 is 52.9 Å². The summed E-state index contributed by atoms with van der Waals surface area (Å²) in [6.07, 6.45) is 3.95. The number of nitrogens with zero attached hydrogens (tertiary/aromatic N) is 5. The van der Waals surface area contributed by atoms with Gasteiger partial charge in [-0.25, -0.2) is 0 Å². The third-order valence-corrected chi connectivity index (χ3v) is 5.08. The van der Waals surface area contributed by atoms with Crippen LogP contribution in [0.4, 0.5) is 0 Å². The van der Waals surface area contributed by atoms with Gasteiger partial charge >= 0.3 is 0 Å². The fourth-order valence-electron chi connectivity index (χ4n) is 2.57. The Morgan fingerprint density at radius 2 is 2.12 bits per heavy atom. The lowest BCUT2D eigenvalue weighted by molar-refractivity contribution is 0.305. The van der Waals surface area contributed by atoms with Crippen molar-refractivity contribution in [2.45, 2.75) is 19.5 Å². The Kier molecular flexibility index (Phi) is 9.91. The predicted octanol–water partition coefficient (Wildman–Crippen LogP) is 3.45. The summed E-state index contributed by atoms with van der Waals surface area (Å²) in [6, 6.07) is 4.18. The number of aliphatic imine (C=N–C) groups is 1. The quantitative estimate of drug-likeness (QED) is 0.352. The van der Waals surface area contributed by atoms with Gasteiger partial charge in [-0.2, -0.15) is 5.10 Å². The first-order valence-corrected chi connectivity index (χ1v) is 9.48. The fraction of sp³-hybridized carbons (Fsp3) is 0.529. The molecule has 2 rings (SSSR count). The van der Waals surface area contributed by atoms with E-state index >= 15 is 0 Å². The maximum Gasteiger partial charge on any atom is 0.194 e. The highest BCUT2D eigenvalue weighted by molar-refractivity contribution is 14.0. The van der Waals surface area contributed by atoms with E-state index in [4.69, 9.17) is 16.6 Å². The maximum atomic E-state index is 6.03. The molecule has 1 unspecified atom stereocenters. The second kappa shape index (κ2) is 11.1. The van der Waals surface area contributed by atoms with Crippen LogP contribution in [0.15, 0.2) is 29.5 Å². The summed E-state index contributed by atoms with van der Waals surface area (Å²) in [7, 11) is 8.11. The standard InChI is InChI=1S/C17H27ClN6S.HI/c1-6-19-17(23(4)12-14-7-8-16(18)25-14)20-10-15(22(2)3)13-9-21-24(5)11-13;/h7-9,11,15H,6,10,12H2,1-5H3,(H,19,20);1H. The Balaban J connectivity index is 0.00000338. The summed E-state index contributed by atoms with van der Waals surface area (Å²) in [5.74, 6) is 0.891. The first kappa shape index (κ1) is 23.2. The van der Waals surface area contributed by atoms with Crippen molar-refractivity contribution in [2.24, 2.45) is 12.0 Å². The average Bonchev–Trinajstić information content (AvgIpc) is 3.14. The van der Waals surface area contributed by atoms with E-state index in [9.17, 15) is 0 Å². The molecule has 2 heterocycles. The molecule has 0 aliphatic carbocycles. The molecule has 0 bridgehead atoms. The molecule has 146 valence electrons. The lowest BCUT2D eigenvalue weighted by Crippen LogP contribution is -2.39. The number of hydrogen-bond acceptors (Lipinski definition) is 4. The Bertz CT molecular complexity index is 699. The molecular formula is C17H28ClIN6S. The molecule has 6 nitrogen and oxygen atoms in total. The molecule has 9 heteroatoms. The van der Waals surface area contributed by atoms with Gasteiger partial charge in [-0.05, 0) is 33.2 Å². The topological polar surface area (TPSA) is 48.7 Å². The van der Waals surface area contributed by atoms with E-state index < -0.39 is 0 Å². The molecular weight excluding hydrogens is 483 g/mol. The number of aryl methyl sites for hydroxylation is 1. The summed E-state index contributed by atoms with van der Waals surface area (Å²) in [4.78, 5) is 10.4. The van der Waals surface area contributed by atoms with Crippen molar-refractivity contribution in [3.05, 3.63) is 39.3 Å². The second-order valence-electron chi connectivity index (χ2n) is 6.18. The van der Waals surface area contributed by atoms with Gasteiger partial charge in [0.2, 0.25) is 0 Å². The summed E-state index contributed by atoms with van der Waals surface area (Å²) in [6.45, 7) is 4.35. The molecule has 0 aliphatic rings. The number of nitrogens with one attached hydrogen (secondary N) is 1. The van der Waals surface area contributed by atoms with E-state index in [1.807, 2.05) is 37.2 Å². The third-order valence-electron chi connectivity index (χ3n) is 3.87. The highest BCUT2D eigenvalue weighted by atomic mass is 127. The zero-order chi connectivity index (χ0) is 18.4. The third kappa shape index (κ3) is 6.71. The molecule has 0 aliphatic heterocycles. The first-order valence-electron chi connectivity index (χ1n) is 8.29. The van der Waals surface area contributed by atoms with Crippen LogP contribution in [-0.2, 0) is 13.6 Å². The van der Waals surface area contributed by atoms with Crippen LogP contribution in [0.3, 0.4) is 0 Å². The molecule has 1 atom stereocenters. The number of rotatable bonds is 7. The van der Waals surface area contributed by atoms with E-state index in [1.165, 1.54) is 10.4 Å². The summed E-state index contributed by atoms with van der Waals surface area (Å²) in [5, 5.41) is 7.65. The molecule has 1 N–H and O–H groups in total. The maximum absolute atomic E-state index is 6.03. The van der Waals surface area contributed by atoms with Crippen molar-refractivity contribution in [1.82, 2.24) is 24.9 Å². The smallest absolute Gasteiger partial charge is 0.194 e. The zero-order valence-corrected chi connectivity index (χ0v) is 19.8. The van der Waals surface area contributed by atoms with Gasteiger partial charge in [0, 0.05) is 37.3 Å². The van der Waals surface area contributed by atoms with Crippen molar-refractivity contribution in [2.75, 3.05) is 34.2 Å². The van der Waals surface area contributed by atoms with Gasteiger partial charge in [0.05, 0.1) is 29.7 Å². The number of aromatic nitrogens is 2. The summed E-state index contributed by atoms with van der Waals surface area (Å²) >= 11 is 7.63. The number of thiophene rings is 1. The monoisotopic (exact) mass is 510 g/mol. The van der Waals surface area contributed by atoms with Gasteiger partial charge in [0.15, 0.2) is 5.96 Å². The van der Waals surface area contributed by atoms with Crippen LogP contribution in [0.5, 0.6) is 0 Å². The van der Waals surface area contributed by atoms with E-state index in [0.717, 1.165) is 23.4 Å². The molecule has 0 saturated carbocycles. The highest BCUT2D eigenvalue weighted by Gasteiger charge is 2.16. The zero-order valence-electron chi connectivity index (χ0n) is 15.9. The van der Waals surface area contributed by atoms with Gasteiger partial charge in [-0.1, -0.05) is 11.6 Å². The van der Waals surface area contributed by atoms with Gasteiger partial charge in [0.25, 0.3) is 0 Å². The minimum Gasteiger partial charge on any atom is -0.357 e. The van der Waals surface area contributed by atoms with Gasteiger partial charge in [-0.3, -0.25) is 9.67 Å². The van der Waals surface area contributed by atoms with Crippen molar-refractivity contribution in [1.29, 1.82) is 0 Å². The Morgan fingerprint density at radius 3 is 2.62 bits per heavy atom. The van der Waals surface area contributed by atoms with Gasteiger partial charge in [-0.15, -0.1) is 35.3 Å². The fourth-order valence-corrected chi connectivity index (χ4v) is 3.71. The van der Waals surface area contributed by atoms with E-state index in [2.05, 4.69) is 47.3 Å². The van der Waals surface area contributed by atoms with Crippen molar-refractivity contribution in [3.8, 4) is 0 Å². The molecule has 0 radical (unpaired) electrons. The van der Waals surface area contributed by atoms with Gasteiger partial charge in [0.1, 0.15) is 0 Å². The highest BCUT2D eigenvalue weighted by Crippen LogP contribution is 2.22. The van der Waals surface area contributed by atoms with Gasteiger partial charge < -0.3 is 15.1 Å². The lowest BCUT2D eigenvalue weighted by Gasteiger charge is -2.25. The molecule has 0 amide bonds. The Morgan fingerprint density at radius 1 is 1.38 bits per heavy atom. The normalized spacial score (nSPS) is 12.8. The van der Waals surface area contributed by atoms with Crippen LogP contribution in [0, 0.1) is 0 Å².